The van der Waals surface area contributed by atoms with Crippen molar-refractivity contribution in [2.24, 2.45) is 5.92 Å². The first-order valence-electron chi connectivity index (χ1n) is 6.38. The van der Waals surface area contributed by atoms with E-state index < -0.39 is 7.60 Å². The Morgan fingerprint density at radius 2 is 1.83 bits per heavy atom. The second-order valence-electron chi connectivity index (χ2n) is 4.95. The molecule has 0 rings (SSSR count). The van der Waals surface area contributed by atoms with Crippen LogP contribution in [0, 0.1) is 5.92 Å². The molecule has 0 amide bonds. The third-order valence-electron chi connectivity index (χ3n) is 2.40. The number of rotatable bonds is 10. The second kappa shape index (κ2) is 8.87. The van der Waals surface area contributed by atoms with Crippen LogP contribution in [-0.4, -0.2) is 32.1 Å². The maximum atomic E-state index is 12.0. The van der Waals surface area contributed by atoms with Crippen molar-refractivity contribution in [2.45, 2.75) is 46.3 Å². The minimum Gasteiger partial charge on any atom is -0.373 e. The average molecular weight is 278 g/mol. The normalized spacial score (nSPS) is 18.3. The third kappa shape index (κ3) is 8.04. The summed E-state index contributed by atoms with van der Waals surface area (Å²) in [5.74, 6) is 0.596. The largest absolute Gasteiger partial charge is 0.373 e. The van der Waals surface area contributed by atoms with Crippen molar-refractivity contribution in [3.63, 3.8) is 0 Å². The van der Waals surface area contributed by atoms with Gasteiger partial charge in [-0.1, -0.05) is 19.9 Å². The van der Waals surface area contributed by atoms with E-state index in [2.05, 4.69) is 20.4 Å². The summed E-state index contributed by atoms with van der Waals surface area (Å²) in [5, 5.41) is 0. The minimum absolute atomic E-state index is 0.105. The molecule has 0 aliphatic rings. The summed E-state index contributed by atoms with van der Waals surface area (Å²) >= 11 is 0. The Morgan fingerprint density at radius 1 is 1.22 bits per heavy atom. The molecule has 0 aromatic rings. The van der Waals surface area contributed by atoms with Crippen molar-refractivity contribution < 1.29 is 18.3 Å². The van der Waals surface area contributed by atoms with Gasteiger partial charge in [0.1, 0.15) is 0 Å². The summed E-state index contributed by atoms with van der Waals surface area (Å²) < 4.78 is 28.0. The van der Waals surface area contributed by atoms with E-state index in [4.69, 9.17) is 13.8 Å². The van der Waals surface area contributed by atoms with E-state index in [1.165, 1.54) is 13.2 Å². The quantitative estimate of drug-likeness (QED) is 0.449. The molecule has 0 aromatic carbocycles. The van der Waals surface area contributed by atoms with Gasteiger partial charge in [-0.05, 0) is 26.2 Å². The zero-order valence-electron chi connectivity index (χ0n) is 12.2. The fourth-order valence-corrected chi connectivity index (χ4v) is 2.83. The SMILES string of the molecule is C=CCP(=O)(OC)OCC(C)OC(C)CC(C)C. The van der Waals surface area contributed by atoms with E-state index >= 15 is 0 Å². The highest BCUT2D eigenvalue weighted by atomic mass is 31.2. The molecule has 108 valence electrons. The molecule has 0 bridgehead atoms. The fourth-order valence-electron chi connectivity index (χ4n) is 1.71. The van der Waals surface area contributed by atoms with Gasteiger partial charge in [0.2, 0.25) is 0 Å². The van der Waals surface area contributed by atoms with Crippen LogP contribution in [0.4, 0.5) is 0 Å². The number of hydrogen-bond acceptors (Lipinski definition) is 4. The summed E-state index contributed by atoms with van der Waals surface area (Å²) in [7, 11) is -1.64. The van der Waals surface area contributed by atoms with Gasteiger partial charge in [-0.25, -0.2) is 0 Å². The zero-order chi connectivity index (χ0) is 14.2. The van der Waals surface area contributed by atoms with Gasteiger partial charge < -0.3 is 13.8 Å². The van der Waals surface area contributed by atoms with Crippen LogP contribution in [0.2, 0.25) is 0 Å². The molecule has 0 N–H and O–H groups in total. The Hall–Kier alpha value is -0.150. The molecule has 0 saturated heterocycles. The van der Waals surface area contributed by atoms with Crippen LogP contribution in [0.3, 0.4) is 0 Å². The van der Waals surface area contributed by atoms with Crippen molar-refractivity contribution in [3.05, 3.63) is 12.7 Å². The number of ether oxygens (including phenoxy) is 1. The highest BCUT2D eigenvalue weighted by Crippen LogP contribution is 2.47. The first-order chi connectivity index (χ1) is 8.33. The lowest BCUT2D eigenvalue weighted by atomic mass is 10.1. The minimum atomic E-state index is -3.02. The molecule has 0 fully saturated rings. The van der Waals surface area contributed by atoms with E-state index in [0.717, 1.165) is 6.42 Å². The van der Waals surface area contributed by atoms with Crippen LogP contribution in [0.1, 0.15) is 34.1 Å². The van der Waals surface area contributed by atoms with E-state index in [9.17, 15) is 4.57 Å². The smallest absolute Gasteiger partial charge is 0.334 e. The monoisotopic (exact) mass is 278 g/mol. The molecule has 0 aliphatic heterocycles. The molecule has 3 unspecified atom stereocenters. The lowest BCUT2D eigenvalue weighted by Crippen LogP contribution is -2.22. The Morgan fingerprint density at radius 3 is 2.28 bits per heavy atom. The van der Waals surface area contributed by atoms with Crippen molar-refractivity contribution in [1.29, 1.82) is 0 Å². The first kappa shape index (κ1) is 17.8. The van der Waals surface area contributed by atoms with E-state index in [-0.39, 0.29) is 25.0 Å². The fraction of sp³-hybridized carbons (Fsp3) is 0.846. The van der Waals surface area contributed by atoms with Crippen LogP contribution in [0.5, 0.6) is 0 Å². The average Bonchev–Trinajstić information content (AvgIpc) is 2.25. The van der Waals surface area contributed by atoms with E-state index in [0.29, 0.717) is 5.92 Å². The van der Waals surface area contributed by atoms with Crippen LogP contribution in [0.25, 0.3) is 0 Å². The summed E-state index contributed by atoms with van der Waals surface area (Å²) in [6, 6.07) is 0. The third-order valence-corrected chi connectivity index (χ3v) is 4.21. The van der Waals surface area contributed by atoms with Crippen LogP contribution in [0.15, 0.2) is 12.7 Å². The number of allylic oxidation sites excluding steroid dienone is 1. The summed E-state index contributed by atoms with van der Waals surface area (Å²) in [5.41, 5.74) is 0. The topological polar surface area (TPSA) is 44.8 Å². The van der Waals surface area contributed by atoms with E-state index in [1.54, 1.807) is 0 Å². The van der Waals surface area contributed by atoms with Gasteiger partial charge in [0.05, 0.1) is 25.0 Å². The molecule has 0 heterocycles. The standard InChI is InChI=1S/C13H27O4P/c1-7-8-18(14,15-6)16-10-13(5)17-12(4)9-11(2)3/h7,11-13H,1,8-10H2,2-6H3. The predicted octanol–water partition coefficient (Wildman–Crippen LogP) is 3.87. The Kier molecular flexibility index (Phi) is 8.79. The molecule has 18 heavy (non-hydrogen) atoms. The van der Waals surface area contributed by atoms with Gasteiger partial charge in [0.25, 0.3) is 0 Å². The molecule has 0 aromatic heterocycles. The second-order valence-corrected chi connectivity index (χ2v) is 7.16. The highest BCUT2D eigenvalue weighted by molar-refractivity contribution is 7.54. The Bertz CT molecular complexity index is 278. The Labute approximate surface area is 111 Å². The molecule has 0 aliphatic carbocycles. The number of hydrogen-bond donors (Lipinski definition) is 0. The molecule has 5 heteroatoms. The summed E-state index contributed by atoms with van der Waals surface area (Å²) in [6.45, 7) is 12.1. The molecular weight excluding hydrogens is 251 g/mol. The van der Waals surface area contributed by atoms with Crippen molar-refractivity contribution in [2.75, 3.05) is 19.9 Å². The predicted molar refractivity (Wildman–Crippen MR) is 75.1 cm³/mol. The van der Waals surface area contributed by atoms with Crippen LogP contribution < -0.4 is 0 Å². The van der Waals surface area contributed by atoms with Gasteiger partial charge in [-0.2, -0.15) is 0 Å². The van der Waals surface area contributed by atoms with Gasteiger partial charge in [-0.15, -0.1) is 6.58 Å². The van der Waals surface area contributed by atoms with Crippen molar-refractivity contribution >= 4 is 7.60 Å². The van der Waals surface area contributed by atoms with Gasteiger partial charge in [-0.3, -0.25) is 4.57 Å². The zero-order valence-corrected chi connectivity index (χ0v) is 13.1. The van der Waals surface area contributed by atoms with Crippen molar-refractivity contribution in [1.82, 2.24) is 0 Å². The van der Waals surface area contributed by atoms with Crippen LogP contribution in [-0.2, 0) is 18.3 Å². The molecule has 4 nitrogen and oxygen atoms in total. The Balaban J connectivity index is 4.05. The lowest BCUT2D eigenvalue weighted by Gasteiger charge is -2.22. The lowest BCUT2D eigenvalue weighted by molar-refractivity contribution is -0.0253. The molecule has 0 saturated carbocycles. The molecular formula is C13H27O4P. The van der Waals surface area contributed by atoms with Crippen molar-refractivity contribution in [3.8, 4) is 0 Å². The van der Waals surface area contributed by atoms with E-state index in [1.807, 2.05) is 13.8 Å². The summed E-state index contributed by atoms with van der Waals surface area (Å²) in [4.78, 5) is 0. The van der Waals surface area contributed by atoms with Gasteiger partial charge >= 0.3 is 7.60 Å². The first-order valence-corrected chi connectivity index (χ1v) is 8.11. The molecule has 0 spiro atoms. The highest BCUT2D eigenvalue weighted by Gasteiger charge is 2.22. The maximum Gasteiger partial charge on any atom is 0.334 e. The maximum absolute atomic E-state index is 12.0. The van der Waals surface area contributed by atoms with Gasteiger partial charge in [0, 0.05) is 7.11 Å². The molecule has 0 radical (unpaired) electrons. The molecule has 3 atom stereocenters. The summed E-state index contributed by atoms with van der Waals surface area (Å²) in [6.07, 6.45) is 2.82. The van der Waals surface area contributed by atoms with Crippen LogP contribution >= 0.6 is 7.60 Å². The van der Waals surface area contributed by atoms with Gasteiger partial charge in [0.15, 0.2) is 0 Å².